The number of amides is 1. The molecule has 8 heteroatoms. The van der Waals surface area contributed by atoms with Crippen molar-refractivity contribution in [1.29, 1.82) is 0 Å². The molecular weight excluding hydrogens is 393 g/mol. The van der Waals surface area contributed by atoms with E-state index in [4.69, 9.17) is 0 Å². The number of nitrogens with zero attached hydrogens (tertiary/aromatic N) is 2. The topological polar surface area (TPSA) is 62.1 Å². The molecule has 1 N–H and O–H groups in total. The second-order valence-corrected chi connectivity index (χ2v) is 9.67. The van der Waals surface area contributed by atoms with Crippen LogP contribution in [0.2, 0.25) is 0 Å². The largest absolute Gasteiger partial charge is 0.334 e. The van der Waals surface area contributed by atoms with E-state index in [2.05, 4.69) is 7.05 Å². The fraction of sp³-hybridized carbons (Fsp3) is 0.381. The molecule has 1 fully saturated rings. The number of sulfonamides is 1. The molecule has 1 saturated heterocycles. The summed E-state index contributed by atoms with van der Waals surface area (Å²) in [6, 6.07) is 11.6. The Bertz CT molecular complexity index is 1000. The van der Waals surface area contributed by atoms with Crippen molar-refractivity contribution in [2.45, 2.75) is 23.9 Å². The molecule has 6 nitrogen and oxygen atoms in total. The van der Waals surface area contributed by atoms with E-state index in [-0.39, 0.29) is 17.3 Å². The summed E-state index contributed by atoms with van der Waals surface area (Å²) in [7, 11) is -1.86. The van der Waals surface area contributed by atoms with Gasteiger partial charge in [0.15, 0.2) is 0 Å². The van der Waals surface area contributed by atoms with Crippen molar-refractivity contribution < 1.29 is 22.5 Å². The van der Waals surface area contributed by atoms with Crippen LogP contribution in [0.25, 0.3) is 0 Å². The first-order valence-electron chi connectivity index (χ1n) is 9.80. The number of likely N-dealkylation sites (N-methyl/N-ethyl adjacent to an activating group) is 1. The molecule has 0 radical (unpaired) electrons. The van der Waals surface area contributed by atoms with Crippen LogP contribution in [0.1, 0.15) is 11.1 Å². The average Bonchev–Trinajstić information content (AvgIpc) is 2.73. The molecule has 0 spiro atoms. The lowest BCUT2D eigenvalue weighted by molar-refractivity contribution is -0.883. The Morgan fingerprint density at radius 3 is 2.31 bits per heavy atom. The number of quaternary nitrogens is 1. The Kier molecular flexibility index (Phi) is 5.42. The lowest BCUT2D eigenvalue weighted by Crippen LogP contribution is -3.12. The van der Waals surface area contributed by atoms with Gasteiger partial charge in [-0.1, -0.05) is 24.3 Å². The number of rotatable bonds is 3. The summed E-state index contributed by atoms with van der Waals surface area (Å²) in [5.41, 5.74) is 1.89. The number of fused-ring (bicyclic) bond motifs is 1. The second-order valence-electron chi connectivity index (χ2n) is 7.78. The molecule has 0 bridgehead atoms. The minimum Gasteiger partial charge on any atom is -0.334 e. The smallest absolute Gasteiger partial charge is 0.244 e. The normalized spacial score (nSPS) is 21.0. The molecule has 2 aromatic rings. The summed E-state index contributed by atoms with van der Waals surface area (Å²) in [4.78, 5) is 16.5. The molecule has 0 aromatic heterocycles. The number of carbonyl (C=O) groups excluding carboxylic acids is 1. The number of hydrogen-bond donors (Lipinski definition) is 1. The van der Waals surface area contributed by atoms with Crippen LogP contribution in [0.3, 0.4) is 0 Å². The highest BCUT2D eigenvalue weighted by Gasteiger charge is 2.41. The highest BCUT2D eigenvalue weighted by atomic mass is 32.2. The Balaban J connectivity index is 1.70. The van der Waals surface area contributed by atoms with Gasteiger partial charge in [-0.2, -0.15) is 4.31 Å². The number of nitrogens with one attached hydrogen (secondary N) is 1. The van der Waals surface area contributed by atoms with Gasteiger partial charge < -0.3 is 9.80 Å². The maximum Gasteiger partial charge on any atom is 0.244 e. The third-order valence-electron chi connectivity index (χ3n) is 5.84. The summed E-state index contributed by atoms with van der Waals surface area (Å²) < 4.78 is 41.4. The number of carbonyl (C=O) groups is 1. The van der Waals surface area contributed by atoms with Crippen molar-refractivity contribution in [3.8, 4) is 0 Å². The van der Waals surface area contributed by atoms with E-state index < -0.39 is 21.9 Å². The Labute approximate surface area is 170 Å². The number of benzene rings is 2. The molecule has 2 aliphatic heterocycles. The van der Waals surface area contributed by atoms with Crippen molar-refractivity contribution in [3.05, 3.63) is 65.5 Å². The molecule has 4 rings (SSSR count). The van der Waals surface area contributed by atoms with Crippen molar-refractivity contribution >= 4 is 15.9 Å². The standard InChI is InChI=1S/C21H24FN3O3S/c1-23-10-12-24(13-11-23)21(26)20-14-16-4-2-3-5-17(16)15-25(20)29(27,28)19-8-6-18(22)7-9-19/h2-9,20H,10-15H2,1H3/p+1/t20-/m0/s1. The molecule has 1 amide bonds. The summed E-state index contributed by atoms with van der Waals surface area (Å²) >= 11 is 0. The summed E-state index contributed by atoms with van der Waals surface area (Å²) in [5, 5.41) is 0. The zero-order chi connectivity index (χ0) is 20.6. The van der Waals surface area contributed by atoms with Gasteiger partial charge in [0.1, 0.15) is 11.9 Å². The lowest BCUT2D eigenvalue weighted by atomic mass is 9.95. The SMILES string of the molecule is C[NH+]1CCN(C(=O)[C@@H]2Cc3ccccc3CN2S(=O)(=O)c2ccc(F)cc2)CC1. The predicted octanol–water partition coefficient (Wildman–Crippen LogP) is 0.298. The zero-order valence-electron chi connectivity index (χ0n) is 16.3. The fourth-order valence-corrected chi connectivity index (χ4v) is 5.58. The summed E-state index contributed by atoms with van der Waals surface area (Å²) in [6.07, 6.45) is 0.342. The molecule has 2 heterocycles. The van der Waals surface area contributed by atoms with Gasteiger partial charge in [0.2, 0.25) is 15.9 Å². The van der Waals surface area contributed by atoms with Crippen LogP contribution in [0, 0.1) is 5.82 Å². The molecule has 154 valence electrons. The number of halogens is 1. The van der Waals surface area contributed by atoms with Crippen molar-refractivity contribution in [1.82, 2.24) is 9.21 Å². The first-order valence-corrected chi connectivity index (χ1v) is 11.2. The van der Waals surface area contributed by atoms with E-state index in [9.17, 15) is 17.6 Å². The lowest BCUT2D eigenvalue weighted by Gasteiger charge is -2.39. The van der Waals surface area contributed by atoms with Crippen molar-refractivity contribution in [2.75, 3.05) is 33.2 Å². The quantitative estimate of drug-likeness (QED) is 0.780. The molecular formula is C21H25FN3O3S+. The molecule has 0 saturated carbocycles. The van der Waals surface area contributed by atoms with Gasteiger partial charge >= 0.3 is 0 Å². The van der Waals surface area contributed by atoms with Crippen LogP contribution < -0.4 is 4.90 Å². The Hall–Kier alpha value is -2.29. The van der Waals surface area contributed by atoms with Crippen molar-refractivity contribution in [3.63, 3.8) is 0 Å². The third kappa shape index (κ3) is 3.92. The monoisotopic (exact) mass is 418 g/mol. The van der Waals surface area contributed by atoms with E-state index in [1.165, 1.54) is 21.3 Å². The fourth-order valence-electron chi connectivity index (χ4n) is 4.02. The van der Waals surface area contributed by atoms with Crippen LogP contribution in [0.5, 0.6) is 0 Å². The van der Waals surface area contributed by atoms with Gasteiger partial charge in [-0.3, -0.25) is 4.79 Å². The summed E-state index contributed by atoms with van der Waals surface area (Å²) in [5.74, 6) is -0.654. The molecule has 2 aliphatic rings. The highest BCUT2D eigenvalue weighted by molar-refractivity contribution is 7.89. The Morgan fingerprint density at radius 2 is 1.66 bits per heavy atom. The minimum atomic E-state index is -3.95. The first kappa shape index (κ1) is 20.0. The number of piperazine rings is 1. The van der Waals surface area contributed by atoms with Gasteiger partial charge in [0.25, 0.3) is 0 Å². The maximum absolute atomic E-state index is 13.4. The van der Waals surface area contributed by atoms with Crippen LogP contribution in [-0.2, 0) is 27.8 Å². The molecule has 29 heavy (non-hydrogen) atoms. The van der Waals surface area contributed by atoms with E-state index in [0.717, 1.165) is 36.3 Å². The van der Waals surface area contributed by atoms with Gasteiger partial charge in [-0.25, -0.2) is 12.8 Å². The Morgan fingerprint density at radius 1 is 1.03 bits per heavy atom. The van der Waals surface area contributed by atoms with E-state index >= 15 is 0 Å². The summed E-state index contributed by atoms with van der Waals surface area (Å²) in [6.45, 7) is 3.06. The van der Waals surface area contributed by atoms with E-state index in [1.54, 1.807) is 4.90 Å². The van der Waals surface area contributed by atoms with Gasteiger partial charge in [-0.15, -0.1) is 0 Å². The van der Waals surface area contributed by atoms with E-state index in [1.807, 2.05) is 24.3 Å². The van der Waals surface area contributed by atoms with Gasteiger partial charge in [-0.05, 0) is 41.8 Å². The minimum absolute atomic E-state index is 0.00102. The molecule has 1 atom stereocenters. The van der Waals surface area contributed by atoms with E-state index in [0.29, 0.717) is 19.5 Å². The second kappa shape index (κ2) is 7.85. The molecule has 0 aliphatic carbocycles. The highest BCUT2D eigenvalue weighted by Crippen LogP contribution is 2.30. The molecule has 0 unspecified atom stereocenters. The van der Waals surface area contributed by atoms with Crippen LogP contribution in [-0.4, -0.2) is 62.8 Å². The van der Waals surface area contributed by atoms with Gasteiger partial charge in [0.05, 0.1) is 38.1 Å². The number of hydrogen-bond acceptors (Lipinski definition) is 3. The first-order chi connectivity index (χ1) is 13.9. The maximum atomic E-state index is 13.4. The van der Waals surface area contributed by atoms with Crippen molar-refractivity contribution in [2.24, 2.45) is 0 Å². The van der Waals surface area contributed by atoms with Crippen LogP contribution in [0.4, 0.5) is 4.39 Å². The van der Waals surface area contributed by atoms with Gasteiger partial charge in [0, 0.05) is 6.54 Å². The zero-order valence-corrected chi connectivity index (χ0v) is 17.2. The predicted molar refractivity (Wildman–Crippen MR) is 106 cm³/mol. The van der Waals surface area contributed by atoms with Crippen LogP contribution >= 0.6 is 0 Å². The third-order valence-corrected chi connectivity index (χ3v) is 7.71. The molecule has 2 aromatic carbocycles. The average molecular weight is 419 g/mol. The van der Waals surface area contributed by atoms with Crippen LogP contribution in [0.15, 0.2) is 53.4 Å².